The molecule has 0 aliphatic rings. The predicted molar refractivity (Wildman–Crippen MR) is 135 cm³/mol. The molecule has 0 radical (unpaired) electrons. The minimum atomic E-state index is -0.753. The van der Waals surface area contributed by atoms with Gasteiger partial charge >= 0.3 is 0 Å². The van der Waals surface area contributed by atoms with Crippen molar-refractivity contribution in [3.05, 3.63) is 77.9 Å². The first-order chi connectivity index (χ1) is 16.4. The van der Waals surface area contributed by atoms with Crippen LogP contribution in [0.2, 0.25) is 0 Å². The minimum Gasteiger partial charge on any atom is -0.508 e. The highest BCUT2D eigenvalue weighted by atomic mass is 16.3. The van der Waals surface area contributed by atoms with Gasteiger partial charge in [0.1, 0.15) is 11.8 Å². The number of hydrogen-bond donors (Lipinski definition) is 4. The standard InChI is InChI=1S/C27H34N4O3/c1-31(27(34)24(29)18-20-8-11-21-5-2-3-6-22(21)17-20)25(7-4-15-28)26(33)30-16-14-19-9-12-23(32)13-10-19/h2-3,5-6,8-13,17,24-25,32H,4,7,14-16,18,28-29H2,1H3,(H,30,33). The summed E-state index contributed by atoms with van der Waals surface area (Å²) < 4.78 is 0. The van der Waals surface area contributed by atoms with E-state index >= 15 is 0 Å². The first-order valence-electron chi connectivity index (χ1n) is 11.6. The molecule has 0 saturated carbocycles. The van der Waals surface area contributed by atoms with E-state index in [1.165, 1.54) is 4.90 Å². The third kappa shape index (κ3) is 6.79. The van der Waals surface area contributed by atoms with Gasteiger partial charge in [-0.25, -0.2) is 0 Å². The number of aromatic hydroxyl groups is 1. The number of phenolic OH excluding ortho intramolecular Hbond substituents is 1. The summed E-state index contributed by atoms with van der Waals surface area (Å²) in [6.45, 7) is 0.858. The van der Waals surface area contributed by atoms with Gasteiger partial charge in [-0.3, -0.25) is 9.59 Å². The van der Waals surface area contributed by atoms with Crippen LogP contribution in [0.5, 0.6) is 5.75 Å². The lowest BCUT2D eigenvalue weighted by Gasteiger charge is -2.29. The number of nitrogens with two attached hydrogens (primary N) is 2. The Bertz CT molecular complexity index is 1100. The Balaban J connectivity index is 1.60. The van der Waals surface area contributed by atoms with E-state index in [1.807, 2.05) is 54.6 Å². The summed E-state index contributed by atoms with van der Waals surface area (Å²) >= 11 is 0. The quantitative estimate of drug-likeness (QED) is 0.348. The molecule has 0 saturated heterocycles. The van der Waals surface area contributed by atoms with Gasteiger partial charge in [0, 0.05) is 13.6 Å². The maximum absolute atomic E-state index is 13.1. The molecular weight excluding hydrogens is 428 g/mol. The third-order valence-corrected chi connectivity index (χ3v) is 6.04. The third-order valence-electron chi connectivity index (χ3n) is 6.04. The fourth-order valence-electron chi connectivity index (χ4n) is 4.04. The van der Waals surface area contributed by atoms with Crippen molar-refractivity contribution >= 4 is 22.6 Å². The Morgan fingerprint density at radius 2 is 1.68 bits per heavy atom. The highest BCUT2D eigenvalue weighted by molar-refractivity contribution is 5.90. The average molecular weight is 463 g/mol. The van der Waals surface area contributed by atoms with Crippen molar-refractivity contribution in [2.24, 2.45) is 11.5 Å². The van der Waals surface area contributed by atoms with Crippen molar-refractivity contribution in [3.8, 4) is 5.75 Å². The number of carbonyl (C=O) groups is 2. The molecule has 34 heavy (non-hydrogen) atoms. The summed E-state index contributed by atoms with van der Waals surface area (Å²) in [5.41, 5.74) is 13.9. The van der Waals surface area contributed by atoms with Crippen LogP contribution in [0.1, 0.15) is 24.0 Å². The highest BCUT2D eigenvalue weighted by Crippen LogP contribution is 2.17. The number of rotatable bonds is 11. The molecule has 180 valence electrons. The lowest BCUT2D eigenvalue weighted by atomic mass is 10.0. The maximum Gasteiger partial charge on any atom is 0.242 e. The molecule has 0 aliphatic carbocycles. The summed E-state index contributed by atoms with van der Waals surface area (Å²) in [6.07, 6.45) is 2.09. The first-order valence-corrected chi connectivity index (χ1v) is 11.6. The molecule has 3 aromatic rings. The summed E-state index contributed by atoms with van der Waals surface area (Å²) in [5, 5.41) is 14.6. The Hall–Kier alpha value is -3.42. The van der Waals surface area contributed by atoms with Gasteiger partial charge in [0.05, 0.1) is 6.04 Å². The second-order valence-electron chi connectivity index (χ2n) is 8.60. The number of fused-ring (bicyclic) bond motifs is 1. The fourth-order valence-corrected chi connectivity index (χ4v) is 4.04. The van der Waals surface area contributed by atoms with Crippen LogP contribution >= 0.6 is 0 Å². The number of carbonyl (C=O) groups excluding carboxylic acids is 2. The molecule has 7 nitrogen and oxygen atoms in total. The predicted octanol–water partition coefficient (Wildman–Crippen LogP) is 2.34. The summed E-state index contributed by atoms with van der Waals surface area (Å²) in [5.74, 6) is -0.292. The number of nitrogens with zero attached hydrogens (tertiary/aromatic N) is 1. The normalized spacial score (nSPS) is 12.8. The van der Waals surface area contributed by atoms with Gasteiger partial charge in [0.15, 0.2) is 0 Å². The molecule has 3 rings (SSSR count). The zero-order valence-corrected chi connectivity index (χ0v) is 19.6. The average Bonchev–Trinajstić information content (AvgIpc) is 2.84. The van der Waals surface area contributed by atoms with Crippen molar-refractivity contribution in [1.82, 2.24) is 10.2 Å². The fraction of sp³-hybridized carbons (Fsp3) is 0.333. The van der Waals surface area contributed by atoms with Gasteiger partial charge < -0.3 is 26.8 Å². The second-order valence-corrected chi connectivity index (χ2v) is 8.60. The number of phenols is 1. The summed E-state index contributed by atoms with van der Waals surface area (Å²) in [6, 6.07) is 19.6. The van der Waals surface area contributed by atoms with Crippen LogP contribution in [0, 0.1) is 0 Å². The number of amides is 2. The number of nitrogens with one attached hydrogen (secondary N) is 1. The van der Waals surface area contributed by atoms with E-state index in [0.717, 1.165) is 21.9 Å². The Labute approximate surface area is 200 Å². The van der Waals surface area contributed by atoms with Crippen molar-refractivity contribution in [2.75, 3.05) is 20.1 Å². The van der Waals surface area contributed by atoms with E-state index in [-0.39, 0.29) is 17.6 Å². The van der Waals surface area contributed by atoms with E-state index in [9.17, 15) is 14.7 Å². The van der Waals surface area contributed by atoms with Gasteiger partial charge in [-0.2, -0.15) is 0 Å². The van der Waals surface area contributed by atoms with E-state index < -0.39 is 12.1 Å². The van der Waals surface area contributed by atoms with Crippen LogP contribution in [0.3, 0.4) is 0 Å². The van der Waals surface area contributed by atoms with Crippen LogP contribution in [0.25, 0.3) is 10.8 Å². The van der Waals surface area contributed by atoms with Gasteiger partial charge in [0.2, 0.25) is 11.8 Å². The van der Waals surface area contributed by atoms with Crippen LogP contribution in [0.15, 0.2) is 66.7 Å². The first kappa shape index (κ1) is 25.2. The molecule has 0 aromatic heterocycles. The minimum absolute atomic E-state index is 0.204. The topological polar surface area (TPSA) is 122 Å². The maximum atomic E-state index is 13.1. The Kier molecular flexibility index (Phi) is 9.01. The summed E-state index contributed by atoms with van der Waals surface area (Å²) in [4.78, 5) is 27.5. The number of benzene rings is 3. The zero-order chi connectivity index (χ0) is 24.5. The van der Waals surface area contributed by atoms with Crippen molar-refractivity contribution in [2.45, 2.75) is 37.8 Å². The number of hydrogen-bond acceptors (Lipinski definition) is 5. The molecule has 3 aromatic carbocycles. The van der Waals surface area contributed by atoms with Gasteiger partial charge in [-0.15, -0.1) is 0 Å². The van der Waals surface area contributed by atoms with Crippen molar-refractivity contribution < 1.29 is 14.7 Å². The van der Waals surface area contributed by atoms with Crippen LogP contribution in [0.4, 0.5) is 0 Å². The molecule has 0 heterocycles. The molecule has 0 fully saturated rings. The molecule has 2 atom stereocenters. The van der Waals surface area contributed by atoms with E-state index in [0.29, 0.717) is 38.8 Å². The van der Waals surface area contributed by atoms with Crippen molar-refractivity contribution in [1.29, 1.82) is 0 Å². The van der Waals surface area contributed by atoms with E-state index in [1.54, 1.807) is 19.2 Å². The smallest absolute Gasteiger partial charge is 0.242 e. The van der Waals surface area contributed by atoms with Gasteiger partial charge in [0.25, 0.3) is 0 Å². The second kappa shape index (κ2) is 12.2. The molecule has 0 spiro atoms. The zero-order valence-electron chi connectivity index (χ0n) is 19.6. The van der Waals surface area contributed by atoms with Crippen LogP contribution in [-0.4, -0.2) is 54.0 Å². The van der Waals surface area contributed by atoms with Gasteiger partial charge in [-0.1, -0.05) is 54.6 Å². The Morgan fingerprint density at radius 1 is 1.00 bits per heavy atom. The van der Waals surface area contributed by atoms with Crippen LogP contribution < -0.4 is 16.8 Å². The Morgan fingerprint density at radius 3 is 2.38 bits per heavy atom. The highest BCUT2D eigenvalue weighted by Gasteiger charge is 2.29. The summed E-state index contributed by atoms with van der Waals surface area (Å²) in [7, 11) is 1.63. The monoisotopic (exact) mass is 462 g/mol. The van der Waals surface area contributed by atoms with E-state index in [4.69, 9.17) is 11.5 Å². The molecular formula is C27H34N4O3. The van der Waals surface area contributed by atoms with Gasteiger partial charge in [-0.05, 0) is 66.3 Å². The molecule has 2 amide bonds. The SMILES string of the molecule is CN(C(=O)C(N)Cc1ccc2ccccc2c1)C(CCCN)C(=O)NCCc1ccc(O)cc1. The van der Waals surface area contributed by atoms with E-state index in [2.05, 4.69) is 5.32 Å². The van der Waals surface area contributed by atoms with Crippen LogP contribution in [-0.2, 0) is 22.4 Å². The largest absolute Gasteiger partial charge is 0.508 e. The molecule has 0 aliphatic heterocycles. The molecule has 7 heteroatoms. The lowest BCUT2D eigenvalue weighted by Crippen LogP contribution is -2.53. The molecule has 2 unspecified atom stereocenters. The lowest BCUT2D eigenvalue weighted by molar-refractivity contribution is -0.140. The number of likely N-dealkylation sites (N-methyl/N-ethyl adjacent to an activating group) is 1. The van der Waals surface area contributed by atoms with Crippen molar-refractivity contribution in [3.63, 3.8) is 0 Å². The molecule has 0 bridgehead atoms. The molecule has 6 N–H and O–H groups in total.